The molecule has 7 nitrogen and oxygen atoms in total. The van der Waals surface area contributed by atoms with Crippen molar-refractivity contribution in [2.24, 2.45) is 5.92 Å². The highest BCUT2D eigenvalue weighted by atomic mass is 16.2. The van der Waals surface area contributed by atoms with Gasteiger partial charge in [0.1, 0.15) is 11.4 Å². The Morgan fingerprint density at radius 1 is 1.14 bits per heavy atom. The van der Waals surface area contributed by atoms with Crippen LogP contribution in [-0.2, 0) is 4.79 Å². The number of anilines is 1. The summed E-state index contributed by atoms with van der Waals surface area (Å²) in [7, 11) is 0. The van der Waals surface area contributed by atoms with E-state index in [0.717, 1.165) is 24.1 Å². The molecule has 3 aromatic rings. The Bertz CT molecular complexity index is 1010. The van der Waals surface area contributed by atoms with Crippen LogP contribution in [0.2, 0.25) is 0 Å². The number of nitrogens with zero attached hydrogens (tertiary/aromatic N) is 3. The summed E-state index contributed by atoms with van der Waals surface area (Å²) in [5, 5.41) is 9.99. The number of aryl methyl sites for hydroxylation is 1. The maximum atomic E-state index is 12.9. The van der Waals surface area contributed by atoms with Crippen molar-refractivity contribution in [2.45, 2.75) is 19.8 Å². The molecule has 1 atom stereocenters. The van der Waals surface area contributed by atoms with Crippen molar-refractivity contribution < 1.29 is 9.59 Å². The van der Waals surface area contributed by atoms with Crippen LogP contribution in [0.3, 0.4) is 0 Å². The summed E-state index contributed by atoms with van der Waals surface area (Å²) in [5.41, 5.74) is 3.61. The molecule has 1 saturated heterocycles. The predicted molar refractivity (Wildman–Crippen MR) is 110 cm³/mol. The van der Waals surface area contributed by atoms with Crippen LogP contribution in [0, 0.1) is 12.8 Å². The van der Waals surface area contributed by atoms with E-state index in [2.05, 4.69) is 20.5 Å². The first kappa shape index (κ1) is 18.9. The van der Waals surface area contributed by atoms with Crippen molar-refractivity contribution in [3.8, 4) is 11.4 Å². The smallest absolute Gasteiger partial charge is 0.271 e. The molecule has 1 aromatic carbocycles. The lowest BCUT2D eigenvalue weighted by Crippen LogP contribution is -2.43. The van der Waals surface area contributed by atoms with E-state index in [4.69, 9.17) is 0 Å². The van der Waals surface area contributed by atoms with Crippen LogP contribution in [0.1, 0.15) is 28.9 Å². The van der Waals surface area contributed by atoms with Crippen molar-refractivity contribution in [3.05, 3.63) is 66.0 Å². The van der Waals surface area contributed by atoms with Gasteiger partial charge < -0.3 is 10.2 Å². The Labute approximate surface area is 169 Å². The number of aromatic nitrogens is 3. The molecule has 2 aromatic heterocycles. The van der Waals surface area contributed by atoms with Crippen LogP contribution in [-0.4, -0.2) is 45.0 Å². The molecule has 0 radical (unpaired) electrons. The topological polar surface area (TPSA) is 91.0 Å². The Hall–Kier alpha value is -3.48. The first-order chi connectivity index (χ1) is 14.1. The first-order valence-corrected chi connectivity index (χ1v) is 9.74. The minimum Gasteiger partial charge on any atom is -0.337 e. The highest BCUT2D eigenvalue weighted by Gasteiger charge is 2.29. The summed E-state index contributed by atoms with van der Waals surface area (Å²) in [4.78, 5) is 31.6. The number of rotatable bonds is 4. The third kappa shape index (κ3) is 4.34. The highest BCUT2D eigenvalue weighted by Crippen LogP contribution is 2.22. The summed E-state index contributed by atoms with van der Waals surface area (Å²) in [5.74, 6) is -0.425. The summed E-state index contributed by atoms with van der Waals surface area (Å²) in [6.07, 6.45) is 3.25. The standard InChI is InChI=1S/C22H23N5O2/c1-15-6-4-8-17(12-15)24-21(28)16-7-5-11-27(14-16)22(29)20-13-19(25-26-20)18-9-2-3-10-23-18/h2-4,6,8-10,12-13,16H,5,7,11,14H2,1H3,(H,24,28)(H,25,26)/t16-/m1/s1. The number of carbonyl (C=O) groups is 2. The van der Waals surface area contributed by atoms with Crippen molar-refractivity contribution in [2.75, 3.05) is 18.4 Å². The predicted octanol–water partition coefficient (Wildman–Crippen LogP) is 3.27. The minimum atomic E-state index is -0.230. The second-order valence-electron chi connectivity index (χ2n) is 7.33. The van der Waals surface area contributed by atoms with E-state index >= 15 is 0 Å². The van der Waals surface area contributed by atoms with Gasteiger partial charge in [0.25, 0.3) is 5.91 Å². The Kier molecular flexibility index (Phi) is 5.37. The zero-order valence-corrected chi connectivity index (χ0v) is 16.3. The molecular formula is C22H23N5O2. The molecular weight excluding hydrogens is 366 g/mol. The van der Waals surface area contributed by atoms with E-state index in [9.17, 15) is 9.59 Å². The average molecular weight is 389 g/mol. The molecule has 1 aliphatic rings. The SMILES string of the molecule is Cc1cccc(NC(=O)[C@@H]2CCCN(C(=O)c3cc(-c4ccccn4)n[nH]3)C2)c1. The first-order valence-electron chi connectivity index (χ1n) is 9.74. The van der Waals surface area contributed by atoms with E-state index in [1.54, 1.807) is 17.2 Å². The van der Waals surface area contributed by atoms with Gasteiger partial charge in [-0.15, -0.1) is 0 Å². The molecule has 1 fully saturated rings. The normalized spacial score (nSPS) is 16.4. The molecule has 0 spiro atoms. The van der Waals surface area contributed by atoms with Gasteiger partial charge in [0, 0.05) is 25.0 Å². The number of piperidine rings is 1. The Balaban J connectivity index is 1.42. The van der Waals surface area contributed by atoms with E-state index in [1.165, 1.54) is 0 Å². The lowest BCUT2D eigenvalue weighted by atomic mass is 9.96. The number of carbonyl (C=O) groups excluding carboxylic acids is 2. The second kappa shape index (κ2) is 8.26. The van der Waals surface area contributed by atoms with Gasteiger partial charge in [-0.1, -0.05) is 18.2 Å². The molecule has 0 aliphatic carbocycles. The summed E-state index contributed by atoms with van der Waals surface area (Å²) < 4.78 is 0. The molecule has 2 N–H and O–H groups in total. The maximum Gasteiger partial charge on any atom is 0.271 e. The summed E-state index contributed by atoms with van der Waals surface area (Å²) >= 11 is 0. The monoisotopic (exact) mass is 389 g/mol. The number of likely N-dealkylation sites (tertiary alicyclic amines) is 1. The lowest BCUT2D eigenvalue weighted by Gasteiger charge is -2.31. The number of hydrogen-bond acceptors (Lipinski definition) is 4. The Morgan fingerprint density at radius 2 is 2.03 bits per heavy atom. The second-order valence-corrected chi connectivity index (χ2v) is 7.33. The van der Waals surface area contributed by atoms with Gasteiger partial charge in [-0.25, -0.2) is 0 Å². The molecule has 0 saturated carbocycles. The van der Waals surface area contributed by atoms with Crippen LogP contribution in [0.5, 0.6) is 0 Å². The number of pyridine rings is 1. The van der Waals surface area contributed by atoms with E-state index < -0.39 is 0 Å². The third-order valence-corrected chi connectivity index (χ3v) is 5.10. The molecule has 29 heavy (non-hydrogen) atoms. The quantitative estimate of drug-likeness (QED) is 0.716. The van der Waals surface area contributed by atoms with Gasteiger partial charge in [-0.05, 0) is 55.7 Å². The Morgan fingerprint density at radius 3 is 2.83 bits per heavy atom. The fraction of sp³-hybridized carbons (Fsp3) is 0.273. The third-order valence-electron chi connectivity index (χ3n) is 5.10. The molecule has 1 aliphatic heterocycles. The zero-order chi connectivity index (χ0) is 20.2. The van der Waals surface area contributed by atoms with Crippen LogP contribution < -0.4 is 5.32 Å². The molecule has 2 amide bonds. The zero-order valence-electron chi connectivity index (χ0n) is 16.3. The molecule has 7 heteroatoms. The van der Waals surface area contributed by atoms with Crippen molar-refractivity contribution in [1.29, 1.82) is 0 Å². The van der Waals surface area contributed by atoms with Crippen molar-refractivity contribution in [3.63, 3.8) is 0 Å². The van der Waals surface area contributed by atoms with Crippen LogP contribution >= 0.6 is 0 Å². The fourth-order valence-electron chi connectivity index (χ4n) is 3.59. The van der Waals surface area contributed by atoms with Gasteiger partial charge in [-0.3, -0.25) is 19.7 Å². The maximum absolute atomic E-state index is 12.9. The fourth-order valence-corrected chi connectivity index (χ4v) is 3.59. The van der Waals surface area contributed by atoms with Gasteiger partial charge in [-0.2, -0.15) is 5.10 Å². The van der Waals surface area contributed by atoms with Crippen molar-refractivity contribution in [1.82, 2.24) is 20.1 Å². The molecule has 0 unspecified atom stereocenters. The average Bonchev–Trinajstić information content (AvgIpc) is 3.24. The van der Waals surface area contributed by atoms with Crippen LogP contribution in [0.25, 0.3) is 11.4 Å². The van der Waals surface area contributed by atoms with Gasteiger partial charge >= 0.3 is 0 Å². The molecule has 148 valence electrons. The number of benzene rings is 1. The van der Waals surface area contributed by atoms with Crippen LogP contribution in [0.15, 0.2) is 54.7 Å². The van der Waals surface area contributed by atoms with Crippen molar-refractivity contribution >= 4 is 17.5 Å². The van der Waals surface area contributed by atoms with E-state index in [1.807, 2.05) is 49.4 Å². The highest BCUT2D eigenvalue weighted by molar-refractivity contribution is 5.95. The van der Waals surface area contributed by atoms with Crippen LogP contribution in [0.4, 0.5) is 5.69 Å². The largest absolute Gasteiger partial charge is 0.337 e. The number of H-pyrrole nitrogens is 1. The number of aromatic amines is 1. The summed E-state index contributed by atoms with van der Waals surface area (Å²) in [6, 6.07) is 15.0. The number of nitrogens with one attached hydrogen (secondary N) is 2. The molecule has 4 rings (SSSR count). The van der Waals surface area contributed by atoms with Gasteiger partial charge in [0.2, 0.25) is 5.91 Å². The van der Waals surface area contributed by atoms with Gasteiger partial charge in [0.15, 0.2) is 0 Å². The number of hydrogen-bond donors (Lipinski definition) is 2. The molecule has 0 bridgehead atoms. The molecule has 3 heterocycles. The number of amides is 2. The van der Waals surface area contributed by atoms with E-state index in [0.29, 0.717) is 30.2 Å². The lowest BCUT2D eigenvalue weighted by molar-refractivity contribution is -0.121. The minimum absolute atomic E-state index is 0.0492. The van der Waals surface area contributed by atoms with E-state index in [-0.39, 0.29) is 17.7 Å². The van der Waals surface area contributed by atoms with Gasteiger partial charge in [0.05, 0.1) is 11.6 Å². The summed E-state index contributed by atoms with van der Waals surface area (Å²) in [6.45, 7) is 3.01.